The van der Waals surface area contributed by atoms with Crippen LogP contribution in [-0.4, -0.2) is 28.8 Å². The molecule has 0 saturated heterocycles. The molecule has 0 spiro atoms. The van der Waals surface area contributed by atoms with Gasteiger partial charge in [-0.1, -0.05) is 48.5 Å². The molecule has 1 heterocycles. The number of carbonyl (C=O) groups is 2. The maximum Gasteiger partial charge on any atom is 0.258 e. The van der Waals surface area contributed by atoms with E-state index < -0.39 is 0 Å². The van der Waals surface area contributed by atoms with E-state index in [0.29, 0.717) is 29.7 Å². The Morgan fingerprint density at radius 1 is 1.00 bits per heavy atom. The summed E-state index contributed by atoms with van der Waals surface area (Å²) in [4.78, 5) is 34.4. The summed E-state index contributed by atoms with van der Waals surface area (Å²) in [6.45, 7) is 0. The van der Waals surface area contributed by atoms with Crippen molar-refractivity contribution in [2.24, 2.45) is 0 Å². The second-order valence-electron chi connectivity index (χ2n) is 7.84. The summed E-state index contributed by atoms with van der Waals surface area (Å²) in [5, 5.41) is 4.64. The van der Waals surface area contributed by atoms with Crippen LogP contribution in [0.5, 0.6) is 5.75 Å². The highest BCUT2D eigenvalue weighted by molar-refractivity contribution is 6.12. The second-order valence-corrected chi connectivity index (χ2v) is 7.84. The molecule has 3 aromatic carbocycles. The lowest BCUT2D eigenvalue weighted by molar-refractivity contribution is 0.0962. The van der Waals surface area contributed by atoms with Crippen LogP contribution in [-0.2, 0) is 6.42 Å². The third-order valence-corrected chi connectivity index (χ3v) is 5.89. The smallest absolute Gasteiger partial charge is 0.258 e. The van der Waals surface area contributed by atoms with Gasteiger partial charge in [0.25, 0.3) is 5.91 Å². The molecule has 1 aliphatic rings. The summed E-state index contributed by atoms with van der Waals surface area (Å²) >= 11 is 0. The first-order valence-corrected chi connectivity index (χ1v) is 10.4. The number of amides is 1. The van der Waals surface area contributed by atoms with Gasteiger partial charge in [-0.15, -0.1) is 0 Å². The molecule has 0 fully saturated rings. The van der Waals surface area contributed by atoms with Gasteiger partial charge >= 0.3 is 0 Å². The van der Waals surface area contributed by atoms with Gasteiger partial charge in [-0.2, -0.15) is 0 Å². The van der Waals surface area contributed by atoms with Gasteiger partial charge < -0.3 is 4.74 Å². The van der Waals surface area contributed by atoms with Crippen LogP contribution in [0.2, 0.25) is 0 Å². The summed E-state index contributed by atoms with van der Waals surface area (Å²) in [5.41, 5.74) is 2.80. The predicted octanol–water partition coefficient (Wildman–Crippen LogP) is 4.80. The van der Waals surface area contributed by atoms with Crippen molar-refractivity contribution in [3.8, 4) is 5.75 Å². The monoisotopic (exact) mass is 423 g/mol. The molecule has 5 rings (SSSR count). The summed E-state index contributed by atoms with van der Waals surface area (Å²) < 4.78 is 5.22. The van der Waals surface area contributed by atoms with E-state index in [1.54, 1.807) is 13.2 Å². The molecule has 4 aromatic rings. The zero-order valence-electron chi connectivity index (χ0n) is 17.5. The summed E-state index contributed by atoms with van der Waals surface area (Å²) in [6.07, 6.45) is 2.53. The van der Waals surface area contributed by atoms with Crippen molar-refractivity contribution in [3.63, 3.8) is 0 Å². The van der Waals surface area contributed by atoms with Crippen LogP contribution < -0.4 is 10.1 Å². The molecular weight excluding hydrogens is 402 g/mol. The molecule has 1 unspecified atom stereocenters. The highest BCUT2D eigenvalue weighted by Gasteiger charge is 2.28. The Hall–Kier alpha value is -4.06. The molecule has 6 nitrogen and oxygen atoms in total. The molecule has 0 saturated carbocycles. The van der Waals surface area contributed by atoms with Crippen molar-refractivity contribution in [2.75, 3.05) is 12.4 Å². The molecule has 0 radical (unpaired) electrons. The highest BCUT2D eigenvalue weighted by atomic mass is 16.5. The molecule has 1 N–H and O–H groups in total. The first kappa shape index (κ1) is 19.9. The largest absolute Gasteiger partial charge is 0.497 e. The first-order chi connectivity index (χ1) is 15.6. The van der Waals surface area contributed by atoms with E-state index in [1.807, 2.05) is 60.7 Å². The number of ether oxygens (including phenoxy) is 1. The number of anilines is 1. The highest BCUT2D eigenvalue weighted by Crippen LogP contribution is 2.33. The number of Topliss-reactive ketones (excluding diaryl/α,β-unsaturated/α-hetero) is 1. The van der Waals surface area contributed by atoms with Crippen LogP contribution >= 0.6 is 0 Å². The molecule has 1 aromatic heterocycles. The second kappa shape index (κ2) is 8.23. The van der Waals surface area contributed by atoms with Gasteiger partial charge in [0.05, 0.1) is 18.4 Å². The molecule has 158 valence electrons. The normalized spacial score (nSPS) is 15.3. The Balaban J connectivity index is 1.40. The Kier molecular flexibility index (Phi) is 5.11. The van der Waals surface area contributed by atoms with Crippen molar-refractivity contribution < 1.29 is 14.3 Å². The lowest BCUT2D eigenvalue weighted by Crippen LogP contribution is -2.22. The predicted molar refractivity (Wildman–Crippen MR) is 122 cm³/mol. The van der Waals surface area contributed by atoms with E-state index in [1.165, 1.54) is 6.20 Å². The van der Waals surface area contributed by atoms with Crippen molar-refractivity contribution in [1.82, 2.24) is 9.97 Å². The number of nitrogens with zero attached hydrogens (tertiary/aromatic N) is 2. The standard InChI is InChI=1S/C26H21N3O3/c1-32-19-11-9-16(10-12-19)18-13-23-22(24(30)14-18)15-27-26(28-23)29-25(31)21-8-4-6-17-5-2-3-7-20(17)21/h2-12,15,18H,13-14H2,1H3,(H,27,28,29,31). The fourth-order valence-corrected chi connectivity index (χ4v) is 4.21. The van der Waals surface area contributed by atoms with Gasteiger partial charge in [0.2, 0.25) is 5.95 Å². The van der Waals surface area contributed by atoms with E-state index in [0.717, 1.165) is 22.1 Å². The number of rotatable bonds is 4. The maximum absolute atomic E-state index is 12.9. The Labute approximate surface area is 185 Å². The van der Waals surface area contributed by atoms with Gasteiger partial charge in [0.15, 0.2) is 5.78 Å². The minimum Gasteiger partial charge on any atom is -0.497 e. The minimum absolute atomic E-state index is 0.0130. The van der Waals surface area contributed by atoms with Gasteiger partial charge in [0, 0.05) is 18.2 Å². The molecule has 32 heavy (non-hydrogen) atoms. The SMILES string of the molecule is COc1ccc(C2CC(=O)c3cnc(NC(=O)c4cccc5ccccc45)nc3C2)cc1. The Bertz CT molecular complexity index is 1330. The average molecular weight is 423 g/mol. The third-order valence-electron chi connectivity index (χ3n) is 5.89. The molecule has 1 atom stereocenters. The third kappa shape index (κ3) is 3.71. The van der Waals surface area contributed by atoms with E-state index in [9.17, 15) is 9.59 Å². The van der Waals surface area contributed by atoms with Crippen molar-refractivity contribution in [1.29, 1.82) is 0 Å². The summed E-state index contributed by atoms with van der Waals surface area (Å²) in [5.74, 6) is 0.730. The van der Waals surface area contributed by atoms with E-state index in [-0.39, 0.29) is 23.6 Å². The lowest BCUT2D eigenvalue weighted by Gasteiger charge is -2.23. The maximum atomic E-state index is 12.9. The van der Waals surface area contributed by atoms with Gasteiger partial charge in [-0.25, -0.2) is 9.97 Å². The zero-order valence-corrected chi connectivity index (χ0v) is 17.5. The molecule has 1 amide bonds. The molecule has 6 heteroatoms. The first-order valence-electron chi connectivity index (χ1n) is 10.4. The van der Waals surface area contributed by atoms with Crippen LogP contribution in [0.15, 0.2) is 72.9 Å². The molecule has 0 bridgehead atoms. The van der Waals surface area contributed by atoms with Crippen molar-refractivity contribution >= 4 is 28.4 Å². The van der Waals surface area contributed by atoms with Crippen molar-refractivity contribution in [3.05, 3.63) is 95.3 Å². The van der Waals surface area contributed by atoms with Crippen molar-refractivity contribution in [2.45, 2.75) is 18.8 Å². The average Bonchev–Trinajstić information content (AvgIpc) is 2.83. The number of hydrogen-bond donors (Lipinski definition) is 1. The minimum atomic E-state index is -0.282. The number of nitrogens with one attached hydrogen (secondary N) is 1. The van der Waals surface area contributed by atoms with Gasteiger partial charge in [-0.3, -0.25) is 14.9 Å². The van der Waals surface area contributed by atoms with E-state index in [2.05, 4.69) is 15.3 Å². The van der Waals surface area contributed by atoms with Crippen LogP contribution in [0.4, 0.5) is 5.95 Å². The number of carbonyl (C=O) groups excluding carboxylic acids is 2. The molecular formula is C26H21N3O3. The van der Waals surface area contributed by atoms with Gasteiger partial charge in [0.1, 0.15) is 5.75 Å². The number of methoxy groups -OCH3 is 1. The van der Waals surface area contributed by atoms with Gasteiger partial charge in [-0.05, 0) is 46.9 Å². The molecule has 1 aliphatic carbocycles. The quantitative estimate of drug-likeness (QED) is 0.510. The van der Waals surface area contributed by atoms with E-state index >= 15 is 0 Å². The summed E-state index contributed by atoms with van der Waals surface area (Å²) in [6, 6.07) is 21.1. The number of aromatic nitrogens is 2. The van der Waals surface area contributed by atoms with Crippen LogP contribution in [0.3, 0.4) is 0 Å². The van der Waals surface area contributed by atoms with Crippen LogP contribution in [0.1, 0.15) is 44.3 Å². The fraction of sp³-hybridized carbons (Fsp3) is 0.154. The number of hydrogen-bond acceptors (Lipinski definition) is 5. The topological polar surface area (TPSA) is 81.2 Å². The fourth-order valence-electron chi connectivity index (χ4n) is 4.21. The Morgan fingerprint density at radius 2 is 1.78 bits per heavy atom. The lowest BCUT2D eigenvalue weighted by atomic mass is 9.82. The Morgan fingerprint density at radius 3 is 2.59 bits per heavy atom. The number of benzene rings is 3. The van der Waals surface area contributed by atoms with Crippen LogP contribution in [0, 0.1) is 0 Å². The number of ketones is 1. The van der Waals surface area contributed by atoms with E-state index in [4.69, 9.17) is 4.74 Å². The van der Waals surface area contributed by atoms with Crippen LogP contribution in [0.25, 0.3) is 10.8 Å². The number of fused-ring (bicyclic) bond motifs is 2. The molecule has 0 aliphatic heterocycles. The summed E-state index contributed by atoms with van der Waals surface area (Å²) in [7, 11) is 1.63. The zero-order chi connectivity index (χ0) is 22.1.